The van der Waals surface area contributed by atoms with Gasteiger partial charge in [0.05, 0.1) is 23.4 Å². The van der Waals surface area contributed by atoms with Crippen LogP contribution in [0, 0.1) is 5.92 Å². The molecular weight excluding hydrogens is 361 g/mol. The molecule has 1 amide bonds. The van der Waals surface area contributed by atoms with Gasteiger partial charge in [0.15, 0.2) is 0 Å². The van der Waals surface area contributed by atoms with Gasteiger partial charge in [0.25, 0.3) is 5.91 Å². The van der Waals surface area contributed by atoms with Gasteiger partial charge in [-0.25, -0.2) is 0 Å². The molecule has 0 radical (unpaired) electrons. The van der Waals surface area contributed by atoms with Crippen LogP contribution in [0.3, 0.4) is 0 Å². The number of nitrogen functional groups attached to an aromatic ring is 1. The zero-order valence-corrected chi connectivity index (χ0v) is 15.3. The monoisotopic (exact) mass is 381 g/mol. The molecule has 23 heavy (non-hydrogen) atoms. The van der Waals surface area contributed by atoms with Crippen molar-refractivity contribution in [1.29, 1.82) is 0 Å². The van der Waals surface area contributed by atoms with Gasteiger partial charge in [-0.1, -0.05) is 11.6 Å². The molecule has 3 N–H and O–H groups in total. The fourth-order valence-corrected chi connectivity index (χ4v) is 3.45. The molecule has 0 spiro atoms. The number of methoxy groups -OCH3 is 1. The lowest BCUT2D eigenvalue weighted by Gasteiger charge is -2.44. The van der Waals surface area contributed by atoms with E-state index in [1.54, 1.807) is 12.1 Å². The summed E-state index contributed by atoms with van der Waals surface area (Å²) in [6.07, 6.45) is 2.31. The number of benzene rings is 1. The lowest BCUT2D eigenvalue weighted by Crippen LogP contribution is -2.57. The molecule has 3 heterocycles. The van der Waals surface area contributed by atoms with Crippen molar-refractivity contribution >= 4 is 48.0 Å². The standard InChI is InChI=1S/C15H20ClN3O2.2ClH/c1-21-14-7-12(17)11(16)6-10(14)15(20)18-13-8-19-4-2-9(13)3-5-19;;/h6-7,9,13H,2-5,8,17H2,1H3,(H,18,20);2*1H/t13-;;/m0../s1. The molecule has 3 fully saturated rings. The van der Waals surface area contributed by atoms with Crippen LogP contribution in [0.1, 0.15) is 23.2 Å². The Morgan fingerprint density at radius 2 is 2.00 bits per heavy atom. The number of nitrogens with zero attached hydrogens (tertiary/aromatic N) is 1. The number of hydrogen-bond acceptors (Lipinski definition) is 4. The first-order valence-corrected chi connectivity index (χ1v) is 7.62. The third kappa shape index (κ3) is 4.15. The first kappa shape index (κ1) is 20.2. The topological polar surface area (TPSA) is 67.6 Å². The van der Waals surface area contributed by atoms with E-state index in [2.05, 4.69) is 10.2 Å². The summed E-state index contributed by atoms with van der Waals surface area (Å²) in [5.74, 6) is 0.886. The summed E-state index contributed by atoms with van der Waals surface area (Å²) >= 11 is 6.02. The van der Waals surface area contributed by atoms with Gasteiger partial charge in [-0.3, -0.25) is 4.79 Å². The maximum atomic E-state index is 12.5. The fourth-order valence-electron chi connectivity index (χ4n) is 3.29. The molecule has 0 aromatic heterocycles. The van der Waals surface area contributed by atoms with Crippen LogP contribution >= 0.6 is 36.4 Å². The van der Waals surface area contributed by atoms with Crippen LogP contribution in [-0.2, 0) is 0 Å². The zero-order valence-electron chi connectivity index (χ0n) is 12.9. The van der Waals surface area contributed by atoms with Gasteiger partial charge >= 0.3 is 0 Å². The molecule has 0 unspecified atom stereocenters. The van der Waals surface area contributed by atoms with Crippen LogP contribution in [0.5, 0.6) is 5.75 Å². The lowest BCUT2D eigenvalue weighted by atomic mass is 9.84. The summed E-state index contributed by atoms with van der Waals surface area (Å²) in [4.78, 5) is 14.9. The molecule has 3 aliphatic heterocycles. The average molecular weight is 383 g/mol. The number of piperidine rings is 3. The summed E-state index contributed by atoms with van der Waals surface area (Å²) in [5, 5.41) is 3.50. The van der Waals surface area contributed by atoms with Gasteiger partial charge in [-0.2, -0.15) is 0 Å². The molecule has 3 aliphatic rings. The van der Waals surface area contributed by atoms with Crippen LogP contribution < -0.4 is 15.8 Å². The highest BCUT2D eigenvalue weighted by atomic mass is 35.5. The van der Waals surface area contributed by atoms with Crippen molar-refractivity contribution in [3.8, 4) is 5.75 Å². The summed E-state index contributed by atoms with van der Waals surface area (Å²) in [7, 11) is 1.52. The summed E-state index contributed by atoms with van der Waals surface area (Å²) in [5.41, 5.74) is 6.60. The third-order valence-corrected chi connectivity index (χ3v) is 4.86. The summed E-state index contributed by atoms with van der Waals surface area (Å²) < 4.78 is 5.24. The molecule has 5 nitrogen and oxygen atoms in total. The lowest BCUT2D eigenvalue weighted by molar-refractivity contribution is 0.0619. The van der Waals surface area contributed by atoms with E-state index in [4.69, 9.17) is 22.1 Å². The van der Waals surface area contributed by atoms with E-state index in [1.165, 1.54) is 7.11 Å². The number of hydrogen-bond donors (Lipinski definition) is 2. The minimum absolute atomic E-state index is 0. The Hall–Kier alpha value is -0.880. The highest BCUT2D eigenvalue weighted by Gasteiger charge is 2.35. The first-order valence-electron chi connectivity index (χ1n) is 7.24. The van der Waals surface area contributed by atoms with E-state index in [9.17, 15) is 4.79 Å². The van der Waals surface area contributed by atoms with Crippen LogP contribution in [0.4, 0.5) is 5.69 Å². The van der Waals surface area contributed by atoms with Gasteiger partial charge in [-0.05, 0) is 37.9 Å². The molecule has 2 bridgehead atoms. The van der Waals surface area contributed by atoms with Gasteiger partial charge in [-0.15, -0.1) is 24.8 Å². The second-order valence-corrected chi connectivity index (χ2v) is 6.20. The molecule has 0 aliphatic carbocycles. The number of fused-ring (bicyclic) bond motifs is 3. The Balaban J connectivity index is 0.00000132. The van der Waals surface area contributed by atoms with E-state index in [-0.39, 0.29) is 36.8 Å². The molecule has 1 aromatic carbocycles. The van der Waals surface area contributed by atoms with Crippen molar-refractivity contribution < 1.29 is 9.53 Å². The molecular formula is C15H22Cl3N3O2. The molecule has 1 aromatic rings. The van der Waals surface area contributed by atoms with Crippen LogP contribution in [-0.4, -0.2) is 43.6 Å². The molecule has 3 saturated heterocycles. The molecule has 1 atom stereocenters. The predicted octanol–water partition coefficient (Wildman–Crippen LogP) is 2.60. The largest absolute Gasteiger partial charge is 0.496 e. The Bertz CT molecular complexity index is 563. The number of carbonyl (C=O) groups excluding carboxylic acids is 1. The number of ether oxygens (including phenoxy) is 1. The highest BCUT2D eigenvalue weighted by Crippen LogP contribution is 2.31. The first-order chi connectivity index (χ1) is 10.1. The normalized spacial score (nSPS) is 25.0. The van der Waals surface area contributed by atoms with Gasteiger partial charge in [0.1, 0.15) is 5.75 Å². The maximum absolute atomic E-state index is 12.5. The zero-order chi connectivity index (χ0) is 15.0. The summed E-state index contributed by atoms with van der Waals surface area (Å²) in [6, 6.07) is 3.38. The molecule has 0 saturated carbocycles. The predicted molar refractivity (Wildman–Crippen MR) is 97.3 cm³/mol. The number of nitrogens with one attached hydrogen (secondary N) is 1. The van der Waals surface area contributed by atoms with E-state index in [1.807, 2.05) is 0 Å². The minimum atomic E-state index is -0.146. The van der Waals surface area contributed by atoms with E-state index >= 15 is 0 Å². The second-order valence-electron chi connectivity index (χ2n) is 5.79. The number of halogens is 3. The molecule has 4 rings (SSSR count). The van der Waals surface area contributed by atoms with Crippen LogP contribution in [0.25, 0.3) is 0 Å². The molecule has 130 valence electrons. The number of carbonyl (C=O) groups is 1. The third-order valence-electron chi connectivity index (χ3n) is 4.54. The van der Waals surface area contributed by atoms with E-state index in [0.717, 1.165) is 32.5 Å². The number of nitrogens with two attached hydrogens (primary N) is 1. The smallest absolute Gasteiger partial charge is 0.255 e. The van der Waals surface area contributed by atoms with E-state index < -0.39 is 0 Å². The van der Waals surface area contributed by atoms with Gasteiger partial charge in [0.2, 0.25) is 0 Å². The summed E-state index contributed by atoms with van der Waals surface area (Å²) in [6.45, 7) is 3.23. The second kappa shape index (κ2) is 8.29. The Morgan fingerprint density at radius 3 is 2.52 bits per heavy atom. The number of anilines is 1. The Kier molecular flexibility index (Phi) is 7.27. The van der Waals surface area contributed by atoms with E-state index in [0.29, 0.717) is 27.9 Å². The minimum Gasteiger partial charge on any atom is -0.496 e. The van der Waals surface area contributed by atoms with Crippen LogP contribution in [0.15, 0.2) is 12.1 Å². The number of rotatable bonds is 3. The molecule has 8 heteroatoms. The van der Waals surface area contributed by atoms with Crippen LogP contribution in [0.2, 0.25) is 5.02 Å². The van der Waals surface area contributed by atoms with Crippen molar-refractivity contribution in [3.05, 3.63) is 22.7 Å². The highest BCUT2D eigenvalue weighted by molar-refractivity contribution is 6.33. The van der Waals surface area contributed by atoms with Crippen molar-refractivity contribution in [1.82, 2.24) is 10.2 Å². The maximum Gasteiger partial charge on any atom is 0.255 e. The Labute approximate surface area is 153 Å². The quantitative estimate of drug-likeness (QED) is 0.789. The Morgan fingerprint density at radius 1 is 1.35 bits per heavy atom. The van der Waals surface area contributed by atoms with Gasteiger partial charge in [0, 0.05) is 18.7 Å². The van der Waals surface area contributed by atoms with Crippen molar-refractivity contribution in [3.63, 3.8) is 0 Å². The SMILES string of the molecule is COc1cc(N)c(Cl)cc1C(=O)N[C@H]1CN2CCC1CC2.Cl.Cl. The average Bonchev–Trinajstić information content (AvgIpc) is 2.50. The number of amides is 1. The van der Waals surface area contributed by atoms with Crippen molar-refractivity contribution in [2.24, 2.45) is 5.92 Å². The van der Waals surface area contributed by atoms with Crippen molar-refractivity contribution in [2.75, 3.05) is 32.5 Å². The van der Waals surface area contributed by atoms with Gasteiger partial charge < -0.3 is 20.7 Å². The fraction of sp³-hybridized carbons (Fsp3) is 0.533. The van der Waals surface area contributed by atoms with Crippen molar-refractivity contribution in [2.45, 2.75) is 18.9 Å².